The van der Waals surface area contributed by atoms with Crippen LogP contribution in [0.1, 0.15) is 29.3 Å². The van der Waals surface area contributed by atoms with E-state index in [1.54, 1.807) is 24.3 Å². The lowest BCUT2D eigenvalue weighted by atomic mass is 10.2. The van der Waals surface area contributed by atoms with Gasteiger partial charge >= 0.3 is 0 Å². The van der Waals surface area contributed by atoms with Gasteiger partial charge in [-0.2, -0.15) is 10.4 Å². The first-order valence-corrected chi connectivity index (χ1v) is 7.78. The smallest absolute Gasteiger partial charge is 0.282 e. The predicted molar refractivity (Wildman–Crippen MR) is 98.1 cm³/mol. The summed E-state index contributed by atoms with van der Waals surface area (Å²) in [5, 5.41) is 26.3. The second-order valence-corrected chi connectivity index (χ2v) is 5.44. The van der Waals surface area contributed by atoms with Crippen LogP contribution in [0.2, 0.25) is 0 Å². The third kappa shape index (κ3) is 5.20. The molecule has 0 unspecified atom stereocenters. The van der Waals surface area contributed by atoms with E-state index >= 15 is 0 Å². The molecule has 136 valence electrons. The first-order valence-electron chi connectivity index (χ1n) is 7.78. The number of nitro groups is 1. The largest absolute Gasteiger partial charge is 0.325 e. The molecule has 0 heterocycles. The minimum Gasteiger partial charge on any atom is -0.325 e. The van der Waals surface area contributed by atoms with Gasteiger partial charge in [0.25, 0.3) is 11.6 Å². The molecule has 0 bridgehead atoms. The van der Waals surface area contributed by atoms with Crippen LogP contribution in [0.3, 0.4) is 0 Å². The molecule has 2 rings (SSSR count). The second-order valence-electron chi connectivity index (χ2n) is 5.44. The number of amides is 2. The number of carbonyl (C=O) groups excluding carboxylic acids is 2. The fraction of sp³-hybridized carbons (Fsp3) is 0.111. The number of carbonyl (C=O) groups is 2. The third-order valence-electron chi connectivity index (χ3n) is 3.43. The highest BCUT2D eigenvalue weighted by Crippen LogP contribution is 2.17. The molecule has 2 amide bonds. The van der Waals surface area contributed by atoms with Gasteiger partial charge in [0, 0.05) is 11.8 Å². The number of hydrogen-bond acceptors (Lipinski definition) is 6. The van der Waals surface area contributed by atoms with E-state index in [4.69, 9.17) is 5.26 Å². The van der Waals surface area contributed by atoms with Crippen LogP contribution in [0.25, 0.3) is 0 Å². The highest BCUT2D eigenvalue weighted by atomic mass is 16.6. The molecule has 0 fully saturated rings. The molecular formula is C18H15N5O4. The van der Waals surface area contributed by atoms with Crippen molar-refractivity contribution in [1.29, 1.82) is 5.26 Å². The fourth-order valence-corrected chi connectivity index (χ4v) is 2.19. The minimum absolute atomic E-state index is 0.128. The van der Waals surface area contributed by atoms with Crippen molar-refractivity contribution in [3.8, 4) is 6.07 Å². The molecule has 0 atom stereocenters. The van der Waals surface area contributed by atoms with Crippen LogP contribution < -0.4 is 10.7 Å². The van der Waals surface area contributed by atoms with Crippen LogP contribution in [0.4, 0.5) is 11.4 Å². The number of hydrogen-bond donors (Lipinski definition) is 2. The molecule has 0 aliphatic rings. The third-order valence-corrected chi connectivity index (χ3v) is 3.43. The summed E-state index contributed by atoms with van der Waals surface area (Å²) in [6.07, 6.45) is -0.128. The van der Waals surface area contributed by atoms with Crippen LogP contribution in [-0.4, -0.2) is 22.4 Å². The van der Waals surface area contributed by atoms with E-state index in [-0.39, 0.29) is 23.4 Å². The highest BCUT2D eigenvalue weighted by Gasteiger charge is 2.18. The maximum Gasteiger partial charge on any atom is 0.282 e. The van der Waals surface area contributed by atoms with Gasteiger partial charge in [-0.3, -0.25) is 19.7 Å². The van der Waals surface area contributed by atoms with Crippen molar-refractivity contribution >= 4 is 28.9 Å². The number of nitrogens with one attached hydrogen (secondary N) is 2. The highest BCUT2D eigenvalue weighted by molar-refractivity contribution is 6.06. The van der Waals surface area contributed by atoms with Crippen molar-refractivity contribution < 1.29 is 14.5 Å². The van der Waals surface area contributed by atoms with E-state index in [9.17, 15) is 19.7 Å². The molecule has 9 heteroatoms. The van der Waals surface area contributed by atoms with Gasteiger partial charge in [0.2, 0.25) is 5.91 Å². The average molecular weight is 365 g/mol. The van der Waals surface area contributed by atoms with Gasteiger partial charge in [-0.25, -0.2) is 5.43 Å². The van der Waals surface area contributed by atoms with Crippen LogP contribution in [-0.2, 0) is 4.79 Å². The summed E-state index contributed by atoms with van der Waals surface area (Å²) in [5.41, 5.74) is 2.71. The first-order chi connectivity index (χ1) is 12.9. The molecule has 2 N–H and O–H groups in total. The molecule has 0 aliphatic heterocycles. The van der Waals surface area contributed by atoms with E-state index < -0.39 is 16.7 Å². The Morgan fingerprint density at radius 1 is 1.19 bits per heavy atom. The van der Waals surface area contributed by atoms with Crippen LogP contribution in [0.5, 0.6) is 0 Å². The molecule has 0 aromatic heterocycles. The van der Waals surface area contributed by atoms with Gasteiger partial charge in [0.15, 0.2) is 0 Å². The monoisotopic (exact) mass is 365 g/mol. The van der Waals surface area contributed by atoms with Crippen molar-refractivity contribution in [3.05, 3.63) is 69.8 Å². The molecule has 0 radical (unpaired) electrons. The summed E-state index contributed by atoms with van der Waals surface area (Å²) in [6.45, 7) is 1.52. The van der Waals surface area contributed by atoms with Crippen LogP contribution >= 0.6 is 0 Å². The van der Waals surface area contributed by atoms with Crippen molar-refractivity contribution in [2.24, 2.45) is 5.10 Å². The molecule has 0 saturated heterocycles. The summed E-state index contributed by atoms with van der Waals surface area (Å²) in [5.74, 6) is -1.17. The summed E-state index contributed by atoms with van der Waals surface area (Å²) < 4.78 is 0. The summed E-state index contributed by atoms with van der Waals surface area (Å²) in [4.78, 5) is 34.4. The lowest BCUT2D eigenvalue weighted by Crippen LogP contribution is -2.22. The summed E-state index contributed by atoms with van der Waals surface area (Å²) >= 11 is 0. The van der Waals surface area contributed by atoms with Crippen molar-refractivity contribution in [3.63, 3.8) is 0 Å². The zero-order valence-electron chi connectivity index (χ0n) is 14.3. The van der Waals surface area contributed by atoms with E-state index in [0.29, 0.717) is 11.3 Å². The standard InChI is InChI=1S/C18H15N5O4/c1-12(10-17(24)20-15-8-4-2-6-13(15)11-19)21-22-18(25)14-7-3-5-9-16(14)23(26)27/h2-9H,10H2,1H3,(H,20,24)(H,22,25)/b21-12-. The Kier molecular flexibility index (Phi) is 6.33. The topological polar surface area (TPSA) is 137 Å². The Hall–Kier alpha value is -4.06. The average Bonchev–Trinajstić information content (AvgIpc) is 2.66. The number of nitro benzene ring substituents is 1. The molecule has 0 saturated carbocycles. The second kappa shape index (κ2) is 8.87. The Morgan fingerprint density at radius 3 is 2.56 bits per heavy atom. The summed E-state index contributed by atoms with van der Waals surface area (Å²) in [6, 6.07) is 14.0. The zero-order chi connectivity index (χ0) is 19.8. The molecule has 0 spiro atoms. The minimum atomic E-state index is -0.753. The number of benzene rings is 2. The zero-order valence-corrected chi connectivity index (χ0v) is 14.3. The van der Waals surface area contributed by atoms with Crippen molar-refractivity contribution in [2.45, 2.75) is 13.3 Å². The molecule has 2 aromatic carbocycles. The number of hydrazone groups is 1. The normalized spacial score (nSPS) is 10.6. The number of rotatable bonds is 6. The van der Waals surface area contributed by atoms with Crippen molar-refractivity contribution in [1.82, 2.24) is 5.43 Å². The van der Waals surface area contributed by atoms with E-state index in [2.05, 4.69) is 15.8 Å². The van der Waals surface area contributed by atoms with E-state index in [0.717, 1.165) is 0 Å². The summed E-state index contributed by atoms with van der Waals surface area (Å²) in [7, 11) is 0. The lowest BCUT2D eigenvalue weighted by molar-refractivity contribution is -0.385. The number of nitriles is 1. The number of nitrogens with zero attached hydrogens (tertiary/aromatic N) is 3. The molecule has 0 aliphatic carbocycles. The van der Waals surface area contributed by atoms with Crippen molar-refractivity contribution in [2.75, 3.05) is 5.32 Å². The van der Waals surface area contributed by atoms with Gasteiger partial charge < -0.3 is 5.32 Å². The first kappa shape index (κ1) is 19.3. The lowest BCUT2D eigenvalue weighted by Gasteiger charge is -2.07. The van der Waals surface area contributed by atoms with Crippen LogP contribution in [0.15, 0.2) is 53.6 Å². The van der Waals surface area contributed by atoms with E-state index in [1.165, 1.54) is 31.2 Å². The van der Waals surface area contributed by atoms with Gasteiger partial charge in [0.05, 0.1) is 22.6 Å². The fourth-order valence-electron chi connectivity index (χ4n) is 2.19. The van der Waals surface area contributed by atoms with E-state index in [1.807, 2.05) is 6.07 Å². The van der Waals surface area contributed by atoms with Gasteiger partial charge in [-0.1, -0.05) is 24.3 Å². The Balaban J connectivity index is 2.00. The Labute approximate surface area is 154 Å². The van der Waals surface area contributed by atoms with Gasteiger partial charge in [-0.15, -0.1) is 0 Å². The number of anilines is 1. The number of para-hydroxylation sites is 2. The Bertz CT molecular complexity index is 962. The van der Waals surface area contributed by atoms with Gasteiger partial charge in [-0.05, 0) is 25.1 Å². The maximum absolute atomic E-state index is 12.1. The molecule has 9 nitrogen and oxygen atoms in total. The quantitative estimate of drug-likeness (QED) is 0.460. The molecule has 2 aromatic rings. The maximum atomic E-state index is 12.1. The SMILES string of the molecule is C/C(CC(=O)Nc1ccccc1C#N)=N/NC(=O)c1ccccc1[N+](=O)[O-]. The Morgan fingerprint density at radius 2 is 1.85 bits per heavy atom. The van der Waals surface area contributed by atoms with Gasteiger partial charge in [0.1, 0.15) is 11.6 Å². The van der Waals surface area contributed by atoms with Crippen LogP contribution in [0, 0.1) is 21.4 Å². The molecular weight excluding hydrogens is 350 g/mol. The molecule has 27 heavy (non-hydrogen) atoms. The predicted octanol–water partition coefficient (Wildman–Crippen LogP) is 2.60.